The van der Waals surface area contributed by atoms with Crippen molar-refractivity contribution in [1.82, 2.24) is 10.2 Å². The summed E-state index contributed by atoms with van der Waals surface area (Å²) in [7, 11) is 1.89. The number of likely N-dealkylation sites (N-methyl/N-ethyl adjacent to an activating group) is 1. The Kier molecular flexibility index (Phi) is 5.63. The first kappa shape index (κ1) is 15.5. The third kappa shape index (κ3) is 3.46. The number of halogens is 2. The van der Waals surface area contributed by atoms with Gasteiger partial charge in [0.25, 0.3) is 5.91 Å². The molecule has 1 N–H and O–H groups in total. The summed E-state index contributed by atoms with van der Waals surface area (Å²) in [5.74, 6) is 0.100. The van der Waals surface area contributed by atoms with Gasteiger partial charge in [0, 0.05) is 29.7 Å². The standard InChI is InChI=1S/C13H17BrN2O.ClH/c1-9-5-10(7-11(14)6-9)13(17)16(2)12-3-4-15-8-12;/h5-7,12,15H,3-4,8H2,1-2H3;1H. The Bertz CT molecular complexity index is 413. The van der Waals surface area contributed by atoms with E-state index < -0.39 is 0 Å². The van der Waals surface area contributed by atoms with Crippen LogP contribution >= 0.6 is 28.3 Å². The van der Waals surface area contributed by atoms with Gasteiger partial charge in [0.2, 0.25) is 0 Å². The van der Waals surface area contributed by atoms with Gasteiger partial charge in [0.15, 0.2) is 0 Å². The molecule has 3 nitrogen and oxygen atoms in total. The van der Waals surface area contributed by atoms with Crippen LogP contribution < -0.4 is 5.32 Å². The highest BCUT2D eigenvalue weighted by molar-refractivity contribution is 9.10. The number of amides is 1. The van der Waals surface area contributed by atoms with Crippen molar-refractivity contribution in [3.63, 3.8) is 0 Å². The first-order valence-corrected chi connectivity index (χ1v) is 6.62. The minimum Gasteiger partial charge on any atom is -0.337 e. The summed E-state index contributed by atoms with van der Waals surface area (Å²) in [4.78, 5) is 14.2. The Balaban J connectivity index is 0.00000162. The minimum absolute atomic E-state index is 0. The molecule has 1 aliphatic rings. The first-order valence-electron chi connectivity index (χ1n) is 5.83. The van der Waals surface area contributed by atoms with Gasteiger partial charge in [-0.1, -0.05) is 15.9 Å². The average Bonchev–Trinajstić information content (AvgIpc) is 2.79. The van der Waals surface area contributed by atoms with Crippen LogP contribution in [0, 0.1) is 6.92 Å². The van der Waals surface area contributed by atoms with Crippen LogP contribution in [0.5, 0.6) is 0 Å². The summed E-state index contributed by atoms with van der Waals surface area (Å²) in [5.41, 5.74) is 1.85. The van der Waals surface area contributed by atoms with Crippen LogP contribution in [0.15, 0.2) is 22.7 Å². The van der Waals surface area contributed by atoms with Gasteiger partial charge < -0.3 is 10.2 Å². The smallest absolute Gasteiger partial charge is 0.253 e. The zero-order valence-electron chi connectivity index (χ0n) is 10.6. The molecule has 1 heterocycles. The van der Waals surface area contributed by atoms with E-state index in [9.17, 15) is 4.79 Å². The zero-order chi connectivity index (χ0) is 12.4. The van der Waals surface area contributed by atoms with Gasteiger partial charge >= 0.3 is 0 Å². The molecule has 1 aromatic carbocycles. The van der Waals surface area contributed by atoms with Crippen molar-refractivity contribution >= 4 is 34.2 Å². The summed E-state index contributed by atoms with van der Waals surface area (Å²) in [6.07, 6.45) is 1.04. The van der Waals surface area contributed by atoms with E-state index in [0.29, 0.717) is 6.04 Å². The highest BCUT2D eigenvalue weighted by Gasteiger charge is 2.24. The lowest BCUT2D eigenvalue weighted by molar-refractivity contribution is 0.0743. The van der Waals surface area contributed by atoms with Crippen molar-refractivity contribution in [1.29, 1.82) is 0 Å². The lowest BCUT2D eigenvalue weighted by Crippen LogP contribution is -2.38. The van der Waals surface area contributed by atoms with E-state index in [1.165, 1.54) is 0 Å². The molecule has 1 unspecified atom stereocenters. The molecule has 0 spiro atoms. The Hall–Kier alpha value is -0.580. The molecule has 0 aromatic heterocycles. The number of nitrogens with one attached hydrogen (secondary N) is 1. The van der Waals surface area contributed by atoms with Crippen LogP contribution in [0.1, 0.15) is 22.3 Å². The van der Waals surface area contributed by atoms with Gasteiger partial charge in [0.05, 0.1) is 0 Å². The molecule has 0 radical (unpaired) electrons. The largest absolute Gasteiger partial charge is 0.337 e. The molecule has 0 bridgehead atoms. The first-order chi connectivity index (χ1) is 8.08. The monoisotopic (exact) mass is 332 g/mol. The Labute approximate surface area is 122 Å². The second kappa shape index (κ2) is 6.55. The zero-order valence-corrected chi connectivity index (χ0v) is 13.0. The number of benzene rings is 1. The lowest BCUT2D eigenvalue weighted by Gasteiger charge is -2.24. The van der Waals surface area contributed by atoms with E-state index >= 15 is 0 Å². The van der Waals surface area contributed by atoms with Crippen LogP contribution in [0.4, 0.5) is 0 Å². The number of nitrogens with zero attached hydrogens (tertiary/aromatic N) is 1. The molecule has 2 rings (SSSR count). The maximum Gasteiger partial charge on any atom is 0.253 e. The number of carbonyl (C=O) groups excluding carboxylic acids is 1. The van der Waals surface area contributed by atoms with Gasteiger partial charge in [-0.25, -0.2) is 0 Å². The number of aryl methyl sites for hydroxylation is 1. The highest BCUT2D eigenvalue weighted by atomic mass is 79.9. The minimum atomic E-state index is 0. The van der Waals surface area contributed by atoms with Crippen molar-refractivity contribution in [2.24, 2.45) is 0 Å². The number of rotatable bonds is 2. The molecular weight excluding hydrogens is 316 g/mol. The lowest BCUT2D eigenvalue weighted by atomic mass is 10.1. The quantitative estimate of drug-likeness (QED) is 0.902. The SMILES string of the molecule is Cc1cc(Br)cc(C(=O)N(C)C2CCNC2)c1.Cl. The fourth-order valence-corrected chi connectivity index (χ4v) is 2.81. The summed E-state index contributed by atoms with van der Waals surface area (Å²) in [6.45, 7) is 3.90. The fraction of sp³-hybridized carbons (Fsp3) is 0.462. The summed E-state index contributed by atoms with van der Waals surface area (Å²) in [6, 6.07) is 6.15. The Morgan fingerprint density at radius 3 is 2.72 bits per heavy atom. The normalized spacial score (nSPS) is 18.3. The van der Waals surface area contributed by atoms with Crippen LogP contribution in [0.25, 0.3) is 0 Å². The van der Waals surface area contributed by atoms with Crippen molar-refractivity contribution < 1.29 is 4.79 Å². The van der Waals surface area contributed by atoms with Gasteiger partial charge in [-0.15, -0.1) is 12.4 Å². The van der Waals surface area contributed by atoms with Crippen LogP contribution in [-0.4, -0.2) is 37.0 Å². The predicted molar refractivity (Wildman–Crippen MR) is 79.5 cm³/mol. The third-order valence-corrected chi connectivity index (χ3v) is 3.65. The van der Waals surface area contributed by atoms with Crippen molar-refractivity contribution in [3.8, 4) is 0 Å². The molecule has 1 amide bonds. The Morgan fingerprint density at radius 2 is 2.17 bits per heavy atom. The molecule has 0 aliphatic carbocycles. The van der Waals surface area contributed by atoms with E-state index in [-0.39, 0.29) is 18.3 Å². The second-order valence-corrected chi connectivity index (χ2v) is 5.50. The Morgan fingerprint density at radius 1 is 1.44 bits per heavy atom. The number of carbonyl (C=O) groups is 1. The second-order valence-electron chi connectivity index (χ2n) is 4.58. The molecule has 1 aliphatic heterocycles. The topological polar surface area (TPSA) is 32.3 Å². The van der Waals surface area contributed by atoms with Crippen LogP contribution in [-0.2, 0) is 0 Å². The van der Waals surface area contributed by atoms with Crippen LogP contribution in [0.2, 0.25) is 0 Å². The molecule has 1 aromatic rings. The van der Waals surface area contributed by atoms with E-state index in [4.69, 9.17) is 0 Å². The molecular formula is C13H18BrClN2O. The van der Waals surface area contributed by atoms with Gasteiger partial charge in [-0.3, -0.25) is 4.79 Å². The summed E-state index contributed by atoms with van der Waals surface area (Å²) < 4.78 is 0.957. The highest BCUT2D eigenvalue weighted by Crippen LogP contribution is 2.18. The molecule has 0 saturated carbocycles. The summed E-state index contributed by atoms with van der Waals surface area (Å²) in [5, 5.41) is 3.28. The van der Waals surface area contributed by atoms with E-state index in [0.717, 1.165) is 35.1 Å². The van der Waals surface area contributed by atoms with Gasteiger partial charge in [0.1, 0.15) is 0 Å². The molecule has 1 fully saturated rings. The summed E-state index contributed by atoms with van der Waals surface area (Å²) >= 11 is 3.43. The molecule has 18 heavy (non-hydrogen) atoms. The molecule has 1 saturated heterocycles. The molecule has 100 valence electrons. The van der Waals surface area contributed by atoms with Crippen molar-refractivity contribution in [2.45, 2.75) is 19.4 Å². The van der Waals surface area contributed by atoms with Gasteiger partial charge in [-0.2, -0.15) is 0 Å². The van der Waals surface area contributed by atoms with Crippen molar-refractivity contribution in [3.05, 3.63) is 33.8 Å². The maximum absolute atomic E-state index is 12.3. The number of hydrogen-bond donors (Lipinski definition) is 1. The fourth-order valence-electron chi connectivity index (χ4n) is 2.20. The predicted octanol–water partition coefficient (Wildman–Crippen LogP) is 2.61. The maximum atomic E-state index is 12.3. The van der Waals surface area contributed by atoms with Crippen molar-refractivity contribution in [2.75, 3.05) is 20.1 Å². The van der Waals surface area contributed by atoms with Crippen LogP contribution in [0.3, 0.4) is 0 Å². The van der Waals surface area contributed by atoms with Gasteiger partial charge in [-0.05, 0) is 43.7 Å². The van der Waals surface area contributed by atoms with E-state index in [1.54, 1.807) is 0 Å². The molecule has 1 atom stereocenters. The van der Waals surface area contributed by atoms with E-state index in [2.05, 4.69) is 21.2 Å². The number of hydrogen-bond acceptors (Lipinski definition) is 2. The third-order valence-electron chi connectivity index (χ3n) is 3.19. The average molecular weight is 334 g/mol. The van der Waals surface area contributed by atoms with E-state index in [1.807, 2.05) is 37.1 Å². The molecule has 5 heteroatoms.